The van der Waals surface area contributed by atoms with E-state index in [1.807, 2.05) is 17.2 Å². The summed E-state index contributed by atoms with van der Waals surface area (Å²) in [5.74, 6) is 0.678. The van der Waals surface area contributed by atoms with Gasteiger partial charge in [-0.1, -0.05) is 12.1 Å². The zero-order valence-corrected chi connectivity index (χ0v) is 17.9. The van der Waals surface area contributed by atoms with Crippen LogP contribution in [0.4, 0.5) is 4.39 Å². The van der Waals surface area contributed by atoms with Crippen molar-refractivity contribution in [2.24, 2.45) is 5.73 Å². The van der Waals surface area contributed by atoms with Crippen molar-refractivity contribution in [1.82, 2.24) is 14.7 Å². The molecule has 2 heterocycles. The van der Waals surface area contributed by atoms with E-state index in [1.165, 1.54) is 12.1 Å². The molecule has 1 saturated heterocycles. The number of hydrogen-bond acceptors (Lipinski definition) is 4. The number of nitrogens with two attached hydrogens (primary N) is 1. The normalized spacial score (nSPS) is 16.6. The quantitative estimate of drug-likeness (QED) is 0.605. The van der Waals surface area contributed by atoms with Crippen molar-refractivity contribution in [3.63, 3.8) is 0 Å². The van der Waals surface area contributed by atoms with Crippen LogP contribution in [0.25, 0.3) is 0 Å². The fourth-order valence-corrected chi connectivity index (χ4v) is 3.73. The van der Waals surface area contributed by atoms with Crippen molar-refractivity contribution < 1.29 is 13.9 Å². The van der Waals surface area contributed by atoms with E-state index in [4.69, 9.17) is 10.5 Å². The number of ether oxygens (including phenoxy) is 1. The maximum absolute atomic E-state index is 13.1. The summed E-state index contributed by atoms with van der Waals surface area (Å²) in [6, 6.07) is 15.4. The number of benzene rings is 2. The molecule has 3 aromatic rings. The van der Waals surface area contributed by atoms with Gasteiger partial charge in [-0.05, 0) is 54.4 Å². The molecule has 0 unspecified atom stereocenters. The highest BCUT2D eigenvalue weighted by atomic mass is 35.5. The first-order valence-corrected chi connectivity index (χ1v) is 10.1. The molecule has 1 fully saturated rings. The second-order valence-corrected chi connectivity index (χ2v) is 7.61. The van der Waals surface area contributed by atoms with Crippen molar-refractivity contribution in [1.29, 1.82) is 0 Å². The predicted octanol–water partition coefficient (Wildman–Crippen LogP) is 3.48. The Morgan fingerprint density at radius 3 is 2.61 bits per heavy atom. The van der Waals surface area contributed by atoms with Crippen LogP contribution in [0.5, 0.6) is 5.75 Å². The van der Waals surface area contributed by atoms with Gasteiger partial charge in [0.15, 0.2) is 0 Å². The van der Waals surface area contributed by atoms with Crippen LogP contribution < -0.4 is 10.5 Å². The first-order chi connectivity index (χ1) is 14.6. The molecular formula is C23H26ClFN4O2. The third kappa shape index (κ3) is 5.83. The fourth-order valence-electron chi connectivity index (χ4n) is 3.73. The smallest absolute Gasteiger partial charge is 0.253 e. The number of likely N-dealkylation sites (tertiary alicyclic amines) is 1. The molecule has 0 spiro atoms. The van der Waals surface area contributed by atoms with E-state index in [9.17, 15) is 9.18 Å². The molecule has 0 saturated carbocycles. The molecule has 6 nitrogen and oxygen atoms in total. The van der Waals surface area contributed by atoms with E-state index in [1.54, 1.807) is 47.3 Å². The number of nitrogens with zero attached hydrogens (tertiary/aromatic N) is 3. The van der Waals surface area contributed by atoms with Crippen molar-refractivity contribution >= 4 is 18.3 Å². The molecule has 164 valence electrons. The maximum Gasteiger partial charge on any atom is 0.253 e. The Balaban J connectivity index is 0.00000272. The van der Waals surface area contributed by atoms with Gasteiger partial charge in [-0.25, -0.2) is 4.39 Å². The molecule has 1 aliphatic rings. The summed E-state index contributed by atoms with van der Waals surface area (Å²) < 4.78 is 20.6. The van der Waals surface area contributed by atoms with Crippen LogP contribution in [0.2, 0.25) is 0 Å². The Morgan fingerprint density at radius 1 is 1.19 bits per heavy atom. The molecule has 0 radical (unpaired) electrons. The molecule has 0 bridgehead atoms. The van der Waals surface area contributed by atoms with Crippen LogP contribution in [0, 0.1) is 5.82 Å². The van der Waals surface area contributed by atoms with Crippen LogP contribution >= 0.6 is 12.4 Å². The van der Waals surface area contributed by atoms with Crippen molar-refractivity contribution in [2.45, 2.75) is 24.9 Å². The van der Waals surface area contributed by atoms with Crippen LogP contribution in [0.1, 0.15) is 28.3 Å². The van der Waals surface area contributed by atoms with Crippen molar-refractivity contribution in [3.8, 4) is 5.75 Å². The Morgan fingerprint density at radius 2 is 1.94 bits per heavy atom. The summed E-state index contributed by atoms with van der Waals surface area (Å²) in [5.41, 5.74) is 7.77. The minimum absolute atomic E-state index is 0. The number of carbonyl (C=O) groups excluding carboxylic acids is 1. The van der Waals surface area contributed by atoms with Gasteiger partial charge < -0.3 is 15.4 Å². The van der Waals surface area contributed by atoms with Crippen molar-refractivity contribution in [3.05, 3.63) is 83.9 Å². The van der Waals surface area contributed by atoms with Gasteiger partial charge in [0.2, 0.25) is 0 Å². The fraction of sp³-hybridized carbons (Fsp3) is 0.304. The Kier molecular flexibility index (Phi) is 7.65. The van der Waals surface area contributed by atoms with Crippen molar-refractivity contribution in [2.75, 3.05) is 19.7 Å². The largest absolute Gasteiger partial charge is 0.492 e. The molecule has 8 heteroatoms. The molecule has 2 N–H and O–H groups in total. The summed E-state index contributed by atoms with van der Waals surface area (Å²) in [4.78, 5) is 14.7. The van der Waals surface area contributed by atoms with E-state index < -0.39 is 0 Å². The molecule has 2 aromatic carbocycles. The first-order valence-electron chi connectivity index (χ1n) is 10.1. The van der Waals surface area contributed by atoms with Gasteiger partial charge in [0.05, 0.1) is 12.6 Å². The lowest BCUT2D eigenvalue weighted by Gasteiger charge is -2.17. The first kappa shape index (κ1) is 22.8. The summed E-state index contributed by atoms with van der Waals surface area (Å²) in [7, 11) is 0. The van der Waals surface area contributed by atoms with E-state index in [-0.39, 0.29) is 36.1 Å². The van der Waals surface area contributed by atoms with Gasteiger partial charge in [-0.15, -0.1) is 12.4 Å². The van der Waals surface area contributed by atoms with Gasteiger partial charge in [0, 0.05) is 37.0 Å². The number of amides is 1. The molecule has 1 amide bonds. The number of carbonyl (C=O) groups is 1. The Hall–Kier alpha value is -2.90. The molecule has 4 rings (SSSR count). The standard InChI is InChI=1S/C23H25FN4O2.ClH/c24-20-6-2-17(3-7-20)19-10-13-27(14-19)23(29)18-4-8-22(9-5-18)30-16-21(25)15-28-12-1-11-26-28;/h1-9,11-12,19,21H,10,13-16,25H2;1H/t19-,21+;/m0./s1. The lowest BCUT2D eigenvalue weighted by molar-refractivity contribution is 0.0790. The molecule has 2 atom stereocenters. The summed E-state index contributed by atoms with van der Waals surface area (Å²) in [6.45, 7) is 2.28. The van der Waals surface area contributed by atoms with Crippen LogP contribution in [0.15, 0.2) is 67.0 Å². The predicted molar refractivity (Wildman–Crippen MR) is 119 cm³/mol. The minimum Gasteiger partial charge on any atom is -0.492 e. The highest BCUT2D eigenvalue weighted by molar-refractivity contribution is 5.94. The highest BCUT2D eigenvalue weighted by Gasteiger charge is 2.28. The average molecular weight is 445 g/mol. The minimum atomic E-state index is -0.241. The maximum atomic E-state index is 13.1. The Bertz CT molecular complexity index is 964. The topological polar surface area (TPSA) is 73.4 Å². The lowest BCUT2D eigenvalue weighted by atomic mass is 9.99. The molecule has 31 heavy (non-hydrogen) atoms. The second-order valence-electron chi connectivity index (χ2n) is 7.61. The van der Waals surface area contributed by atoms with E-state index in [0.717, 1.165) is 12.0 Å². The average Bonchev–Trinajstić information content (AvgIpc) is 3.45. The molecule has 1 aromatic heterocycles. The Labute approximate surface area is 187 Å². The monoisotopic (exact) mass is 444 g/mol. The van der Waals surface area contributed by atoms with Gasteiger partial charge in [0.1, 0.15) is 18.2 Å². The second kappa shape index (κ2) is 10.4. The SMILES string of the molecule is Cl.N[C@@H](COc1ccc(C(=O)N2CC[C@H](c3ccc(F)cc3)C2)cc1)Cn1cccn1. The summed E-state index contributed by atoms with van der Waals surface area (Å²) >= 11 is 0. The van der Waals surface area contributed by atoms with Gasteiger partial charge in [-0.2, -0.15) is 5.10 Å². The third-order valence-electron chi connectivity index (χ3n) is 5.36. The zero-order chi connectivity index (χ0) is 20.9. The zero-order valence-electron chi connectivity index (χ0n) is 17.1. The van der Waals surface area contributed by atoms with Crippen LogP contribution in [0.3, 0.4) is 0 Å². The number of hydrogen-bond donors (Lipinski definition) is 1. The van der Waals surface area contributed by atoms with E-state index in [2.05, 4.69) is 5.10 Å². The lowest BCUT2D eigenvalue weighted by Crippen LogP contribution is -2.32. The molecular weight excluding hydrogens is 419 g/mol. The van der Waals surface area contributed by atoms with Crippen LogP contribution in [-0.2, 0) is 6.54 Å². The van der Waals surface area contributed by atoms with E-state index in [0.29, 0.717) is 37.6 Å². The summed E-state index contributed by atoms with van der Waals surface area (Å²) in [5, 5.41) is 4.13. The summed E-state index contributed by atoms with van der Waals surface area (Å²) in [6.07, 6.45) is 4.46. The molecule has 1 aliphatic heterocycles. The highest BCUT2D eigenvalue weighted by Crippen LogP contribution is 2.28. The van der Waals surface area contributed by atoms with Gasteiger partial charge >= 0.3 is 0 Å². The van der Waals surface area contributed by atoms with Crippen LogP contribution in [-0.4, -0.2) is 46.3 Å². The molecule has 0 aliphatic carbocycles. The van der Waals surface area contributed by atoms with Gasteiger partial charge in [0.25, 0.3) is 5.91 Å². The van der Waals surface area contributed by atoms with E-state index >= 15 is 0 Å². The number of halogens is 2. The number of rotatable bonds is 7. The number of aromatic nitrogens is 2. The van der Waals surface area contributed by atoms with Gasteiger partial charge in [-0.3, -0.25) is 9.48 Å². The third-order valence-corrected chi connectivity index (χ3v) is 5.36.